The first-order valence-corrected chi connectivity index (χ1v) is 11.4. The molecule has 0 aliphatic carbocycles. The van der Waals surface area contributed by atoms with E-state index in [9.17, 15) is 0 Å². The van der Waals surface area contributed by atoms with Crippen molar-refractivity contribution in [3.05, 3.63) is 89.5 Å². The number of methoxy groups -OCH3 is 1. The lowest BCUT2D eigenvalue weighted by atomic mass is 10.0. The van der Waals surface area contributed by atoms with Crippen LogP contribution in [0, 0.1) is 0 Å². The van der Waals surface area contributed by atoms with Gasteiger partial charge in [-0.15, -0.1) is 0 Å². The van der Waals surface area contributed by atoms with Crippen LogP contribution in [0.3, 0.4) is 0 Å². The Morgan fingerprint density at radius 3 is 2.06 bits per heavy atom. The zero-order chi connectivity index (χ0) is 22.9. The summed E-state index contributed by atoms with van der Waals surface area (Å²) in [6, 6.07) is 24.8. The van der Waals surface area contributed by atoms with Gasteiger partial charge in [-0.25, -0.2) is 0 Å². The third kappa shape index (κ3) is 6.47. The Balaban J connectivity index is 1.82. The van der Waals surface area contributed by atoms with Gasteiger partial charge in [0, 0.05) is 13.1 Å². The molecule has 1 N–H and O–H groups in total. The van der Waals surface area contributed by atoms with E-state index in [0.29, 0.717) is 30.7 Å². The molecule has 0 radical (unpaired) electrons. The van der Waals surface area contributed by atoms with E-state index in [1.54, 1.807) is 7.11 Å². The molecule has 3 aromatic rings. The smallest absolute Gasteiger partial charge is 0.174 e. The molecule has 3 aromatic carbocycles. The number of para-hydroxylation sites is 2. The molecule has 0 amide bonds. The maximum atomic E-state index is 5.85. The summed E-state index contributed by atoms with van der Waals surface area (Å²) in [5.74, 6) is 2.15. The van der Waals surface area contributed by atoms with Crippen LogP contribution >= 0.6 is 12.2 Å². The summed E-state index contributed by atoms with van der Waals surface area (Å²) in [5, 5.41) is 4.05. The molecule has 4 nitrogen and oxygen atoms in total. The number of ether oxygens (including phenoxy) is 2. The third-order valence-electron chi connectivity index (χ3n) is 5.27. The molecule has 0 aromatic heterocycles. The summed E-state index contributed by atoms with van der Waals surface area (Å²) >= 11 is 5.85. The number of thiocarbonyl (C=S) groups is 1. The van der Waals surface area contributed by atoms with Crippen LogP contribution in [-0.2, 0) is 13.1 Å². The molecule has 0 aliphatic heterocycles. The van der Waals surface area contributed by atoms with Crippen molar-refractivity contribution >= 4 is 23.0 Å². The summed E-state index contributed by atoms with van der Waals surface area (Å²) in [4.78, 5) is 2.17. The molecular weight excluding hydrogens is 416 g/mol. The van der Waals surface area contributed by atoms with Crippen LogP contribution in [0.2, 0.25) is 0 Å². The predicted molar refractivity (Wildman–Crippen MR) is 137 cm³/mol. The highest BCUT2D eigenvalue weighted by Gasteiger charge is 2.14. The molecule has 32 heavy (non-hydrogen) atoms. The van der Waals surface area contributed by atoms with Crippen LogP contribution in [0.15, 0.2) is 72.8 Å². The first kappa shape index (κ1) is 23.6. The topological polar surface area (TPSA) is 33.7 Å². The van der Waals surface area contributed by atoms with Crippen molar-refractivity contribution in [1.29, 1.82) is 0 Å². The Labute approximate surface area is 197 Å². The zero-order valence-electron chi connectivity index (χ0n) is 19.3. The molecule has 168 valence electrons. The lowest BCUT2D eigenvalue weighted by Gasteiger charge is -2.27. The second-order valence-electron chi connectivity index (χ2n) is 7.96. The minimum atomic E-state index is 0.511. The molecule has 0 spiro atoms. The standard InChI is InChI=1S/C27H32N2O2S/c1-5-31-26-9-7-6-8-25(26)28-27(32)29(19-22-12-16-24(30-4)17-13-22)18-21-10-14-23(15-11-21)20(2)3/h6-17,20H,5,18-19H2,1-4H3,(H,28,32). The molecule has 5 heteroatoms. The van der Waals surface area contributed by atoms with Gasteiger partial charge in [-0.1, -0.05) is 62.4 Å². The number of rotatable bonds is 9. The average Bonchev–Trinajstić information content (AvgIpc) is 2.81. The summed E-state index contributed by atoms with van der Waals surface area (Å²) in [6.07, 6.45) is 0. The Bertz CT molecular complexity index is 1000. The van der Waals surface area contributed by atoms with E-state index in [0.717, 1.165) is 22.7 Å². The van der Waals surface area contributed by atoms with Crippen molar-refractivity contribution in [2.45, 2.75) is 39.8 Å². The summed E-state index contributed by atoms with van der Waals surface area (Å²) in [7, 11) is 1.68. The van der Waals surface area contributed by atoms with Crippen LogP contribution in [0.5, 0.6) is 11.5 Å². The first-order chi connectivity index (χ1) is 15.5. The van der Waals surface area contributed by atoms with Crippen molar-refractivity contribution in [3.8, 4) is 11.5 Å². The average molecular weight is 449 g/mol. The molecule has 0 saturated carbocycles. The highest BCUT2D eigenvalue weighted by atomic mass is 32.1. The maximum absolute atomic E-state index is 5.85. The molecule has 3 rings (SSSR count). The predicted octanol–water partition coefficient (Wildman–Crippen LogP) is 6.62. The Hall–Kier alpha value is -3.05. The van der Waals surface area contributed by atoms with Gasteiger partial charge in [0.2, 0.25) is 0 Å². The van der Waals surface area contributed by atoms with E-state index in [2.05, 4.69) is 60.5 Å². The number of nitrogens with zero attached hydrogens (tertiary/aromatic N) is 1. The van der Waals surface area contributed by atoms with E-state index in [1.165, 1.54) is 11.1 Å². The van der Waals surface area contributed by atoms with Crippen LogP contribution in [-0.4, -0.2) is 23.7 Å². The van der Waals surface area contributed by atoms with Gasteiger partial charge >= 0.3 is 0 Å². The highest BCUT2D eigenvalue weighted by molar-refractivity contribution is 7.80. The SMILES string of the molecule is CCOc1ccccc1NC(=S)N(Cc1ccc(OC)cc1)Cc1ccc(C(C)C)cc1. The van der Waals surface area contributed by atoms with E-state index in [-0.39, 0.29) is 0 Å². The second-order valence-corrected chi connectivity index (χ2v) is 8.35. The minimum absolute atomic E-state index is 0.511. The molecular formula is C27H32N2O2S. The van der Waals surface area contributed by atoms with Gasteiger partial charge in [0.1, 0.15) is 11.5 Å². The number of anilines is 1. The van der Waals surface area contributed by atoms with Gasteiger partial charge in [0.05, 0.1) is 19.4 Å². The molecule has 0 saturated heterocycles. The lowest BCUT2D eigenvalue weighted by molar-refractivity contribution is 0.342. The Morgan fingerprint density at radius 2 is 1.50 bits per heavy atom. The third-order valence-corrected chi connectivity index (χ3v) is 5.63. The van der Waals surface area contributed by atoms with Crippen LogP contribution in [0.25, 0.3) is 0 Å². The van der Waals surface area contributed by atoms with E-state index in [4.69, 9.17) is 21.7 Å². The molecule has 0 heterocycles. The monoisotopic (exact) mass is 448 g/mol. The summed E-state index contributed by atoms with van der Waals surface area (Å²) in [5.41, 5.74) is 4.58. The van der Waals surface area contributed by atoms with Crippen LogP contribution < -0.4 is 14.8 Å². The largest absolute Gasteiger partial charge is 0.497 e. The van der Waals surface area contributed by atoms with Crippen molar-refractivity contribution in [3.63, 3.8) is 0 Å². The minimum Gasteiger partial charge on any atom is -0.497 e. The van der Waals surface area contributed by atoms with Crippen LogP contribution in [0.1, 0.15) is 43.4 Å². The normalized spacial score (nSPS) is 10.7. The molecule has 0 fully saturated rings. The van der Waals surface area contributed by atoms with Crippen LogP contribution in [0.4, 0.5) is 5.69 Å². The summed E-state index contributed by atoms with van der Waals surface area (Å²) < 4.78 is 11.1. The number of hydrogen-bond donors (Lipinski definition) is 1. The second kappa shape index (κ2) is 11.5. The Kier molecular flexibility index (Phi) is 8.51. The fourth-order valence-corrected chi connectivity index (χ4v) is 3.66. The van der Waals surface area contributed by atoms with Gasteiger partial charge < -0.3 is 19.7 Å². The highest BCUT2D eigenvalue weighted by Crippen LogP contribution is 2.25. The number of hydrogen-bond acceptors (Lipinski definition) is 3. The van der Waals surface area contributed by atoms with Gasteiger partial charge in [-0.3, -0.25) is 0 Å². The Morgan fingerprint density at radius 1 is 0.906 bits per heavy atom. The van der Waals surface area contributed by atoms with Crippen molar-refractivity contribution in [2.24, 2.45) is 0 Å². The van der Waals surface area contributed by atoms with E-state index < -0.39 is 0 Å². The molecule has 0 bridgehead atoms. The fraction of sp³-hybridized carbons (Fsp3) is 0.296. The quantitative estimate of drug-likeness (QED) is 0.372. The van der Waals surface area contributed by atoms with E-state index >= 15 is 0 Å². The van der Waals surface area contributed by atoms with Gasteiger partial charge in [0.25, 0.3) is 0 Å². The zero-order valence-corrected chi connectivity index (χ0v) is 20.1. The maximum Gasteiger partial charge on any atom is 0.174 e. The van der Waals surface area contributed by atoms with Gasteiger partial charge in [0.15, 0.2) is 5.11 Å². The fourth-order valence-electron chi connectivity index (χ4n) is 3.42. The molecule has 0 unspecified atom stereocenters. The summed E-state index contributed by atoms with van der Waals surface area (Å²) in [6.45, 7) is 8.38. The van der Waals surface area contributed by atoms with Gasteiger partial charge in [-0.05, 0) is 66.0 Å². The van der Waals surface area contributed by atoms with Crippen molar-refractivity contribution in [2.75, 3.05) is 19.0 Å². The molecule has 0 atom stereocenters. The number of benzene rings is 3. The lowest BCUT2D eigenvalue weighted by Crippen LogP contribution is -2.34. The first-order valence-electron chi connectivity index (χ1n) is 11.0. The van der Waals surface area contributed by atoms with Crippen molar-refractivity contribution < 1.29 is 9.47 Å². The van der Waals surface area contributed by atoms with Crippen molar-refractivity contribution in [1.82, 2.24) is 4.90 Å². The van der Waals surface area contributed by atoms with Gasteiger partial charge in [-0.2, -0.15) is 0 Å². The van der Waals surface area contributed by atoms with E-state index in [1.807, 2.05) is 43.3 Å². The number of nitrogens with one attached hydrogen (secondary N) is 1. The molecule has 0 aliphatic rings.